The quantitative estimate of drug-likeness (QED) is 0.924. The van der Waals surface area contributed by atoms with Crippen molar-refractivity contribution in [1.29, 1.82) is 0 Å². The van der Waals surface area contributed by atoms with Crippen LogP contribution in [0.5, 0.6) is 0 Å². The van der Waals surface area contributed by atoms with E-state index in [0.717, 1.165) is 10.6 Å². The Kier molecular flexibility index (Phi) is 2.90. The van der Waals surface area contributed by atoms with E-state index >= 15 is 0 Å². The van der Waals surface area contributed by atoms with Gasteiger partial charge in [0.2, 0.25) is 11.0 Å². The maximum Gasteiger partial charge on any atom is 0.230 e. The molecule has 0 radical (unpaired) electrons. The zero-order valence-electron chi connectivity index (χ0n) is 9.05. The number of carbonyl (C=O) groups is 1. The second kappa shape index (κ2) is 4.54. The summed E-state index contributed by atoms with van der Waals surface area (Å²) in [5.41, 5.74) is 1.04. The molecule has 1 fully saturated rings. The molecule has 2 aromatic rings. The van der Waals surface area contributed by atoms with Gasteiger partial charge in [0.15, 0.2) is 0 Å². The van der Waals surface area contributed by atoms with E-state index in [2.05, 4.69) is 15.5 Å². The van der Waals surface area contributed by atoms with Crippen molar-refractivity contribution >= 4 is 33.7 Å². The van der Waals surface area contributed by atoms with Gasteiger partial charge < -0.3 is 5.32 Å². The number of hydrogen-bond donors (Lipinski definition) is 1. The first kappa shape index (κ1) is 10.9. The molecule has 1 aliphatic rings. The van der Waals surface area contributed by atoms with Crippen LogP contribution in [-0.4, -0.2) is 16.1 Å². The number of rotatable bonds is 4. The molecule has 17 heavy (non-hydrogen) atoms. The Labute approximate surface area is 107 Å². The van der Waals surface area contributed by atoms with E-state index in [1.807, 2.05) is 16.8 Å². The minimum atomic E-state index is -0.0260. The third-order valence-electron chi connectivity index (χ3n) is 2.56. The first-order valence-corrected chi connectivity index (χ1v) is 7.21. The van der Waals surface area contributed by atoms with Gasteiger partial charge in [0, 0.05) is 5.92 Å². The fourth-order valence-corrected chi connectivity index (χ4v) is 3.12. The standard InChI is InChI=1S/C11H11N3OS2/c15-9(5-7-3-4-16-6-7)12-11-14-13-10(17-11)8-1-2-8/h3-4,6,8H,1-2,5H2,(H,12,14,15). The molecule has 1 N–H and O–H groups in total. The third kappa shape index (κ3) is 2.70. The van der Waals surface area contributed by atoms with Gasteiger partial charge in [0.25, 0.3) is 0 Å². The first-order valence-electron chi connectivity index (χ1n) is 5.45. The predicted molar refractivity (Wildman–Crippen MR) is 68.5 cm³/mol. The van der Waals surface area contributed by atoms with Gasteiger partial charge in [-0.3, -0.25) is 4.79 Å². The van der Waals surface area contributed by atoms with Gasteiger partial charge in [-0.05, 0) is 35.2 Å². The number of nitrogens with one attached hydrogen (secondary N) is 1. The van der Waals surface area contributed by atoms with Crippen molar-refractivity contribution in [2.45, 2.75) is 25.2 Å². The average Bonchev–Trinajstić information content (AvgIpc) is 2.84. The minimum absolute atomic E-state index is 0.0260. The normalized spacial score (nSPS) is 14.8. The van der Waals surface area contributed by atoms with Crippen LogP contribution in [0.1, 0.15) is 29.3 Å². The van der Waals surface area contributed by atoms with E-state index in [-0.39, 0.29) is 5.91 Å². The van der Waals surface area contributed by atoms with Crippen molar-refractivity contribution in [2.75, 3.05) is 5.32 Å². The number of carbonyl (C=O) groups excluding carboxylic acids is 1. The lowest BCUT2D eigenvalue weighted by atomic mass is 10.2. The molecule has 2 aromatic heterocycles. The van der Waals surface area contributed by atoms with Crippen LogP contribution in [-0.2, 0) is 11.2 Å². The van der Waals surface area contributed by atoms with E-state index in [9.17, 15) is 4.79 Å². The molecule has 88 valence electrons. The van der Waals surface area contributed by atoms with Crippen LogP contribution in [0.3, 0.4) is 0 Å². The van der Waals surface area contributed by atoms with E-state index in [4.69, 9.17) is 0 Å². The number of thiophene rings is 1. The van der Waals surface area contributed by atoms with Crippen molar-refractivity contribution in [2.24, 2.45) is 0 Å². The Morgan fingerprint density at radius 2 is 2.35 bits per heavy atom. The summed E-state index contributed by atoms with van der Waals surface area (Å²) in [5, 5.41) is 16.5. The SMILES string of the molecule is O=C(Cc1ccsc1)Nc1nnc(C2CC2)s1. The molecule has 2 heterocycles. The summed E-state index contributed by atoms with van der Waals surface area (Å²) in [4.78, 5) is 11.7. The number of hydrogen-bond acceptors (Lipinski definition) is 5. The summed E-state index contributed by atoms with van der Waals surface area (Å²) in [5.74, 6) is 0.567. The molecule has 0 unspecified atom stereocenters. The van der Waals surface area contributed by atoms with E-state index in [0.29, 0.717) is 17.5 Å². The highest BCUT2D eigenvalue weighted by molar-refractivity contribution is 7.15. The first-order chi connectivity index (χ1) is 8.31. The largest absolute Gasteiger partial charge is 0.300 e. The molecule has 0 bridgehead atoms. The molecule has 1 aliphatic carbocycles. The van der Waals surface area contributed by atoms with E-state index in [1.165, 1.54) is 24.2 Å². The van der Waals surface area contributed by atoms with Crippen LogP contribution in [0, 0.1) is 0 Å². The molecule has 0 saturated heterocycles. The fraction of sp³-hybridized carbons (Fsp3) is 0.364. The second-order valence-electron chi connectivity index (χ2n) is 4.08. The molecule has 0 spiro atoms. The molecule has 0 aliphatic heterocycles. The average molecular weight is 265 g/mol. The zero-order valence-corrected chi connectivity index (χ0v) is 10.7. The molecule has 1 amide bonds. The van der Waals surface area contributed by atoms with E-state index < -0.39 is 0 Å². The highest BCUT2D eigenvalue weighted by atomic mass is 32.1. The third-order valence-corrected chi connectivity index (χ3v) is 4.29. The Bertz CT molecular complexity index is 517. The molecular weight excluding hydrogens is 254 g/mol. The Balaban J connectivity index is 1.59. The van der Waals surface area contributed by atoms with Crippen molar-refractivity contribution in [3.63, 3.8) is 0 Å². The summed E-state index contributed by atoms with van der Waals surface area (Å²) in [6.07, 6.45) is 2.82. The molecule has 3 rings (SSSR count). The van der Waals surface area contributed by atoms with Crippen molar-refractivity contribution in [3.8, 4) is 0 Å². The Hall–Kier alpha value is -1.27. The topological polar surface area (TPSA) is 54.9 Å². The van der Waals surface area contributed by atoms with Gasteiger partial charge in [0.05, 0.1) is 6.42 Å². The zero-order chi connectivity index (χ0) is 11.7. The molecule has 0 aromatic carbocycles. The van der Waals surface area contributed by atoms with Gasteiger partial charge in [0.1, 0.15) is 5.01 Å². The monoisotopic (exact) mass is 265 g/mol. The lowest BCUT2D eigenvalue weighted by molar-refractivity contribution is -0.115. The Morgan fingerprint density at radius 3 is 3.06 bits per heavy atom. The van der Waals surface area contributed by atoms with Gasteiger partial charge in [-0.2, -0.15) is 11.3 Å². The smallest absolute Gasteiger partial charge is 0.230 e. The lowest BCUT2D eigenvalue weighted by Gasteiger charge is -1.98. The van der Waals surface area contributed by atoms with Crippen molar-refractivity contribution < 1.29 is 4.79 Å². The molecule has 1 saturated carbocycles. The van der Waals surface area contributed by atoms with Gasteiger partial charge in [-0.25, -0.2) is 0 Å². The van der Waals surface area contributed by atoms with Crippen LogP contribution in [0.25, 0.3) is 0 Å². The lowest BCUT2D eigenvalue weighted by Crippen LogP contribution is -2.13. The summed E-state index contributed by atoms with van der Waals surface area (Å²) in [7, 11) is 0. The summed E-state index contributed by atoms with van der Waals surface area (Å²) >= 11 is 3.09. The number of amides is 1. The maximum absolute atomic E-state index is 11.7. The molecule has 6 heteroatoms. The van der Waals surface area contributed by atoms with Crippen LogP contribution in [0.15, 0.2) is 16.8 Å². The molecular formula is C11H11N3OS2. The summed E-state index contributed by atoms with van der Waals surface area (Å²) < 4.78 is 0. The number of anilines is 1. The number of aromatic nitrogens is 2. The summed E-state index contributed by atoms with van der Waals surface area (Å²) in [6.45, 7) is 0. The van der Waals surface area contributed by atoms with Crippen LogP contribution >= 0.6 is 22.7 Å². The van der Waals surface area contributed by atoms with Gasteiger partial charge >= 0.3 is 0 Å². The molecule has 4 nitrogen and oxygen atoms in total. The van der Waals surface area contributed by atoms with E-state index in [1.54, 1.807) is 11.3 Å². The van der Waals surface area contributed by atoms with Crippen molar-refractivity contribution in [3.05, 3.63) is 27.4 Å². The van der Waals surface area contributed by atoms with Crippen LogP contribution < -0.4 is 5.32 Å². The fourth-order valence-electron chi connectivity index (χ4n) is 1.52. The predicted octanol–water partition coefficient (Wildman–Crippen LogP) is 2.66. The highest BCUT2D eigenvalue weighted by Crippen LogP contribution is 2.42. The van der Waals surface area contributed by atoms with Gasteiger partial charge in [-0.15, -0.1) is 10.2 Å². The Morgan fingerprint density at radius 1 is 1.47 bits per heavy atom. The minimum Gasteiger partial charge on any atom is -0.300 e. The van der Waals surface area contributed by atoms with Crippen molar-refractivity contribution in [1.82, 2.24) is 10.2 Å². The van der Waals surface area contributed by atoms with Gasteiger partial charge in [-0.1, -0.05) is 11.3 Å². The second-order valence-corrected chi connectivity index (χ2v) is 5.87. The van der Waals surface area contributed by atoms with Crippen LogP contribution in [0.2, 0.25) is 0 Å². The molecule has 0 atom stereocenters. The summed E-state index contributed by atoms with van der Waals surface area (Å²) in [6, 6.07) is 1.96. The highest BCUT2D eigenvalue weighted by Gasteiger charge is 2.27. The van der Waals surface area contributed by atoms with Crippen LogP contribution in [0.4, 0.5) is 5.13 Å². The maximum atomic E-state index is 11.7. The number of nitrogens with zero attached hydrogens (tertiary/aromatic N) is 2.